The topological polar surface area (TPSA) is 44.8 Å². The molecule has 3 aliphatic rings. The van der Waals surface area contributed by atoms with Crippen molar-refractivity contribution in [3.05, 3.63) is 35.4 Å². The number of rotatable bonds is 4. The van der Waals surface area contributed by atoms with Crippen LogP contribution in [0.4, 0.5) is 0 Å². The molecule has 1 unspecified atom stereocenters. The Bertz CT molecular complexity index is 594. The molecule has 1 aromatic carbocycles. The second-order valence-electron chi connectivity index (χ2n) is 7.93. The lowest BCUT2D eigenvalue weighted by Crippen LogP contribution is -2.50. The number of hydrogen-bond donors (Lipinski definition) is 1. The molecule has 1 amide bonds. The number of hydrogen-bond acceptors (Lipinski definition) is 4. The zero-order valence-electron chi connectivity index (χ0n) is 16.5. The highest BCUT2D eigenvalue weighted by Gasteiger charge is 2.28. The maximum absolute atomic E-state index is 12.8. The lowest BCUT2D eigenvalue weighted by atomic mass is 9.97. The van der Waals surface area contributed by atoms with Gasteiger partial charge in [0, 0.05) is 37.8 Å². The Kier molecular flexibility index (Phi) is 9.51. The SMILES string of the molecule is Cl.Cl.O=C(c1ccc(CC2CCNC2)cc1)N1CCC(N2CCOCC2)CC1. The van der Waals surface area contributed by atoms with Crippen molar-refractivity contribution >= 4 is 30.7 Å². The molecule has 1 N–H and O–H groups in total. The van der Waals surface area contributed by atoms with Crippen molar-refractivity contribution in [1.82, 2.24) is 15.1 Å². The fourth-order valence-electron chi connectivity index (χ4n) is 4.56. The van der Waals surface area contributed by atoms with Crippen molar-refractivity contribution in [2.45, 2.75) is 31.7 Å². The fraction of sp³-hybridized carbons (Fsp3) is 0.667. The van der Waals surface area contributed by atoms with Crippen LogP contribution >= 0.6 is 24.8 Å². The lowest BCUT2D eigenvalue weighted by molar-refractivity contribution is 0.00159. The third-order valence-electron chi connectivity index (χ3n) is 6.20. The second kappa shape index (κ2) is 11.4. The Balaban J connectivity index is 0.00000140. The first-order valence-corrected chi connectivity index (χ1v) is 10.2. The number of nitrogens with one attached hydrogen (secondary N) is 1. The molecule has 158 valence electrons. The van der Waals surface area contributed by atoms with E-state index >= 15 is 0 Å². The number of ether oxygens (including phenoxy) is 1. The van der Waals surface area contributed by atoms with E-state index in [1.807, 2.05) is 17.0 Å². The number of carbonyl (C=O) groups is 1. The quantitative estimate of drug-likeness (QED) is 0.798. The van der Waals surface area contributed by atoms with Gasteiger partial charge < -0.3 is 15.0 Å². The van der Waals surface area contributed by atoms with E-state index in [1.54, 1.807) is 0 Å². The van der Waals surface area contributed by atoms with Gasteiger partial charge in [-0.1, -0.05) is 12.1 Å². The summed E-state index contributed by atoms with van der Waals surface area (Å²) >= 11 is 0. The van der Waals surface area contributed by atoms with Gasteiger partial charge in [0.15, 0.2) is 0 Å². The average Bonchev–Trinajstić information content (AvgIpc) is 3.22. The van der Waals surface area contributed by atoms with E-state index in [-0.39, 0.29) is 30.7 Å². The molecule has 3 heterocycles. The molecule has 0 spiro atoms. The molecule has 0 aromatic heterocycles. The molecule has 28 heavy (non-hydrogen) atoms. The highest BCUT2D eigenvalue weighted by molar-refractivity contribution is 5.94. The Hall–Kier alpha value is -0.850. The highest BCUT2D eigenvalue weighted by Crippen LogP contribution is 2.20. The van der Waals surface area contributed by atoms with Gasteiger partial charge >= 0.3 is 0 Å². The van der Waals surface area contributed by atoms with Crippen LogP contribution in [-0.4, -0.2) is 74.2 Å². The minimum atomic E-state index is 0. The molecule has 1 aromatic rings. The van der Waals surface area contributed by atoms with Crippen molar-refractivity contribution in [2.75, 3.05) is 52.5 Å². The number of morpholine rings is 1. The molecule has 0 bridgehead atoms. The van der Waals surface area contributed by atoms with Crippen LogP contribution in [0.25, 0.3) is 0 Å². The Morgan fingerprint density at radius 3 is 2.29 bits per heavy atom. The van der Waals surface area contributed by atoms with Crippen LogP contribution in [0.2, 0.25) is 0 Å². The predicted octanol–water partition coefficient (Wildman–Crippen LogP) is 2.62. The first-order valence-electron chi connectivity index (χ1n) is 10.2. The molecular formula is C21H33Cl2N3O2. The van der Waals surface area contributed by atoms with Crippen LogP contribution in [-0.2, 0) is 11.2 Å². The van der Waals surface area contributed by atoms with Crippen LogP contribution in [0.1, 0.15) is 35.2 Å². The third kappa shape index (κ3) is 5.83. The maximum atomic E-state index is 12.8. The molecule has 3 saturated heterocycles. The summed E-state index contributed by atoms with van der Waals surface area (Å²) in [5.74, 6) is 0.940. The number of nitrogens with zero attached hydrogens (tertiary/aromatic N) is 2. The summed E-state index contributed by atoms with van der Waals surface area (Å²) in [5.41, 5.74) is 2.18. The van der Waals surface area contributed by atoms with Gasteiger partial charge in [-0.05, 0) is 62.4 Å². The number of likely N-dealkylation sites (tertiary alicyclic amines) is 1. The number of piperidine rings is 1. The molecular weight excluding hydrogens is 397 g/mol. The zero-order chi connectivity index (χ0) is 17.8. The summed E-state index contributed by atoms with van der Waals surface area (Å²) in [6, 6.07) is 8.95. The van der Waals surface area contributed by atoms with E-state index in [9.17, 15) is 4.79 Å². The minimum Gasteiger partial charge on any atom is -0.379 e. The molecule has 3 fully saturated rings. The van der Waals surface area contributed by atoms with Crippen molar-refractivity contribution in [3.63, 3.8) is 0 Å². The standard InChI is InChI=1S/C21H31N3O2.2ClH/c25-21(19-3-1-17(2-4-19)15-18-5-8-22-16-18)24-9-6-20(7-10-24)23-11-13-26-14-12-23;;/h1-4,18,20,22H,5-16H2;2*1H. The van der Waals surface area contributed by atoms with E-state index in [0.29, 0.717) is 6.04 Å². The van der Waals surface area contributed by atoms with Crippen LogP contribution < -0.4 is 5.32 Å². The predicted molar refractivity (Wildman–Crippen MR) is 117 cm³/mol. The summed E-state index contributed by atoms with van der Waals surface area (Å²) in [6.45, 7) is 7.78. The number of benzene rings is 1. The highest BCUT2D eigenvalue weighted by atomic mass is 35.5. The Morgan fingerprint density at radius 2 is 1.68 bits per heavy atom. The summed E-state index contributed by atoms with van der Waals surface area (Å²) in [6.07, 6.45) is 4.54. The lowest BCUT2D eigenvalue weighted by Gasteiger charge is -2.40. The number of carbonyl (C=O) groups excluding carboxylic acids is 1. The van der Waals surface area contributed by atoms with Crippen LogP contribution in [0.5, 0.6) is 0 Å². The molecule has 5 nitrogen and oxygen atoms in total. The zero-order valence-corrected chi connectivity index (χ0v) is 18.1. The second-order valence-corrected chi connectivity index (χ2v) is 7.93. The molecule has 0 saturated carbocycles. The van der Waals surface area contributed by atoms with Gasteiger partial charge in [0.1, 0.15) is 0 Å². The monoisotopic (exact) mass is 429 g/mol. The van der Waals surface area contributed by atoms with Crippen molar-refractivity contribution in [2.24, 2.45) is 5.92 Å². The Morgan fingerprint density at radius 1 is 1.00 bits per heavy atom. The first-order chi connectivity index (χ1) is 12.8. The van der Waals surface area contributed by atoms with E-state index in [1.165, 1.54) is 12.0 Å². The first kappa shape index (κ1) is 23.4. The molecule has 0 aliphatic carbocycles. The summed E-state index contributed by atoms with van der Waals surface area (Å²) in [7, 11) is 0. The van der Waals surface area contributed by atoms with Gasteiger partial charge in [0.25, 0.3) is 5.91 Å². The molecule has 3 aliphatic heterocycles. The third-order valence-corrected chi connectivity index (χ3v) is 6.20. The molecule has 4 rings (SSSR count). The largest absolute Gasteiger partial charge is 0.379 e. The van der Waals surface area contributed by atoms with Gasteiger partial charge in [0.2, 0.25) is 0 Å². The molecule has 1 atom stereocenters. The number of amides is 1. The van der Waals surface area contributed by atoms with Crippen molar-refractivity contribution < 1.29 is 9.53 Å². The Labute approximate surface area is 181 Å². The molecule has 7 heteroatoms. The smallest absolute Gasteiger partial charge is 0.253 e. The van der Waals surface area contributed by atoms with Gasteiger partial charge in [-0.25, -0.2) is 0 Å². The summed E-state index contributed by atoms with van der Waals surface area (Å²) in [5, 5.41) is 3.42. The van der Waals surface area contributed by atoms with Crippen LogP contribution in [0.15, 0.2) is 24.3 Å². The van der Waals surface area contributed by atoms with Crippen LogP contribution in [0, 0.1) is 5.92 Å². The fourth-order valence-corrected chi connectivity index (χ4v) is 4.56. The van der Waals surface area contributed by atoms with Gasteiger partial charge in [-0.2, -0.15) is 0 Å². The van der Waals surface area contributed by atoms with Gasteiger partial charge in [-0.15, -0.1) is 24.8 Å². The van der Waals surface area contributed by atoms with Gasteiger partial charge in [0.05, 0.1) is 13.2 Å². The van der Waals surface area contributed by atoms with Gasteiger partial charge in [-0.3, -0.25) is 9.69 Å². The van der Waals surface area contributed by atoms with Crippen LogP contribution in [0.3, 0.4) is 0 Å². The van der Waals surface area contributed by atoms with E-state index < -0.39 is 0 Å². The summed E-state index contributed by atoms with van der Waals surface area (Å²) < 4.78 is 5.45. The molecule has 0 radical (unpaired) electrons. The normalized spacial score (nSPS) is 23.7. The number of halogens is 2. The minimum absolute atomic E-state index is 0. The van der Waals surface area contributed by atoms with Crippen molar-refractivity contribution in [1.29, 1.82) is 0 Å². The average molecular weight is 430 g/mol. The van der Waals surface area contributed by atoms with E-state index in [2.05, 4.69) is 22.3 Å². The van der Waals surface area contributed by atoms with E-state index in [0.717, 1.165) is 83.2 Å². The van der Waals surface area contributed by atoms with Crippen molar-refractivity contribution in [3.8, 4) is 0 Å². The maximum Gasteiger partial charge on any atom is 0.253 e. The summed E-state index contributed by atoms with van der Waals surface area (Å²) in [4.78, 5) is 17.4. The van der Waals surface area contributed by atoms with E-state index in [4.69, 9.17) is 4.74 Å².